The molecule has 4 aliphatic carbocycles. The molecule has 16 aromatic rings. The monoisotopic (exact) mass is 1750 g/mol. The van der Waals surface area contributed by atoms with Gasteiger partial charge in [0.15, 0.2) is 23.3 Å². The first-order chi connectivity index (χ1) is 63.2. The van der Waals surface area contributed by atoms with Gasteiger partial charge >= 0.3 is 0 Å². The molecule has 1 atom stereocenters. The van der Waals surface area contributed by atoms with Gasteiger partial charge in [0.2, 0.25) is 11.9 Å². The number of likely N-dealkylation sites (N-methyl/N-ethyl adjacent to an activating group) is 1. The summed E-state index contributed by atoms with van der Waals surface area (Å²) in [6.07, 6.45) is 37.4. The van der Waals surface area contributed by atoms with Crippen LogP contribution in [0.5, 0.6) is 0 Å². The van der Waals surface area contributed by atoms with Crippen LogP contribution in [0.2, 0.25) is 0 Å². The lowest BCUT2D eigenvalue weighted by Crippen LogP contribution is -2.36. The molecule has 0 amide bonds. The van der Waals surface area contributed by atoms with Crippen LogP contribution in [-0.2, 0) is 37.7 Å². The molecule has 1 saturated heterocycles. The number of benzene rings is 4. The van der Waals surface area contributed by atoms with Gasteiger partial charge in [-0.25, -0.2) is 49.8 Å². The third-order valence-electron chi connectivity index (χ3n) is 24.7. The fourth-order valence-electron chi connectivity index (χ4n) is 16.5. The van der Waals surface area contributed by atoms with Gasteiger partial charge in [-0.15, -0.1) is 0 Å². The third kappa shape index (κ3) is 18.2. The molecule has 12 aromatic heterocycles. The van der Waals surface area contributed by atoms with Gasteiger partial charge in [-0.1, -0.05) is 143 Å². The maximum atomic E-state index is 10.0. The molecule has 662 valence electrons. The molecule has 0 radical (unpaired) electrons. The van der Waals surface area contributed by atoms with E-state index in [-0.39, 0.29) is 33.6 Å². The molecule has 37 heteroatoms. The Morgan fingerprint density at radius 1 is 0.446 bits per heavy atom. The summed E-state index contributed by atoms with van der Waals surface area (Å²) in [5.74, 6) is 7.19. The average Bonchev–Trinajstić information content (AvgIpc) is 1.54. The maximum Gasteiger partial charge on any atom is 0.278 e. The first kappa shape index (κ1) is 85.8. The number of nitrogen functional groups attached to an aromatic ring is 4. The summed E-state index contributed by atoms with van der Waals surface area (Å²) in [7, 11) is 3.62. The zero-order chi connectivity index (χ0) is 89.6. The van der Waals surface area contributed by atoms with Crippen molar-refractivity contribution in [1.82, 2.24) is 115 Å². The van der Waals surface area contributed by atoms with E-state index >= 15 is 0 Å². The fraction of sp³-hybridized carbons (Fsp3) is 0.323. The van der Waals surface area contributed by atoms with Crippen LogP contribution in [-0.4, -0.2) is 184 Å². The Morgan fingerprint density at radius 3 is 1.26 bits per heavy atom. The number of methoxy groups -OCH3 is 1. The fourth-order valence-corrected chi connectivity index (χ4v) is 16.5. The Hall–Kier alpha value is -15.0. The Labute approximate surface area is 746 Å². The van der Waals surface area contributed by atoms with Crippen molar-refractivity contribution < 1.29 is 37.8 Å². The predicted octanol–water partition coefficient (Wildman–Crippen LogP) is 12.8. The van der Waals surface area contributed by atoms with Gasteiger partial charge in [-0.3, -0.25) is 14.3 Å². The van der Waals surface area contributed by atoms with Crippen molar-refractivity contribution in [3.63, 3.8) is 0 Å². The summed E-state index contributed by atoms with van der Waals surface area (Å²) < 4.78 is 36.3. The predicted molar refractivity (Wildman–Crippen MR) is 481 cm³/mol. The number of aliphatic hydroxyl groups is 2. The van der Waals surface area contributed by atoms with Crippen molar-refractivity contribution in [2.45, 2.75) is 144 Å². The van der Waals surface area contributed by atoms with Gasteiger partial charge in [0.25, 0.3) is 23.6 Å². The van der Waals surface area contributed by atoms with Crippen molar-refractivity contribution in [3.8, 4) is 90.7 Å². The number of nitrogens with zero attached hydrogens (tertiary/aromatic N) is 24. The topological polar surface area (TPSA) is 511 Å². The quantitative estimate of drug-likeness (QED) is 0.0265. The van der Waals surface area contributed by atoms with Gasteiger partial charge in [-0.2, -0.15) is 30.1 Å². The normalized spacial score (nSPS) is 15.8. The molecule has 4 aromatic carbocycles. The Balaban J connectivity index is 0.000000117. The van der Waals surface area contributed by atoms with E-state index in [1.54, 1.807) is 119 Å². The van der Waals surface area contributed by atoms with Crippen LogP contribution in [0, 0.1) is 0 Å². The van der Waals surface area contributed by atoms with E-state index in [1.165, 1.54) is 11.1 Å². The van der Waals surface area contributed by atoms with Gasteiger partial charge < -0.3 is 70.9 Å². The lowest BCUT2D eigenvalue weighted by molar-refractivity contribution is -0.0286. The number of aromatic nitrogens is 23. The highest BCUT2D eigenvalue weighted by Gasteiger charge is 2.48. The van der Waals surface area contributed by atoms with Crippen LogP contribution in [0.25, 0.3) is 90.7 Å². The van der Waals surface area contributed by atoms with Crippen molar-refractivity contribution >= 4 is 35.2 Å². The van der Waals surface area contributed by atoms with E-state index in [1.807, 2.05) is 35.1 Å². The molecule has 4 saturated carbocycles. The minimum Gasteiger partial charge on any atom is -0.392 e. The second kappa shape index (κ2) is 36.8. The standard InChI is InChI=1S/C24H26N8O2.C24H26N6O2.C23H24N8O2.C22H21N7O2/c1-32(10-11-33-2)20-15-26-19(14-27-20)21-30-22(31-34-21)24(8-3-9-24)18-6-4-16(5-7-18)17-12-28-23(25)29-13-17;1-23(2,31)15-30-14-18(13-27-30)21-28-22(29-32-21)24(10-3-11-24)19-7-4-16(5-8-19)17-6-9-20(25)26-12-17;1-14(32)9-26-19-13-25-18(12-27-19)20-30-21(31-33-20)23(7-2-8-23)17-5-3-15(4-6-17)16-10-28-22(24)29-11-16;23-19-10-24-18(9-25-19)14-2-4-16(5-3-14)22(6-1-7-22)21-27-20(31-28-21)15-8-26-29(11-15)17-12-30-13-17/h4-7,12-15H,3,8-11H2,1-2H3,(H2,25,28,29);4-9,12-14,31H,3,10-11,15H2,1-2H3,(H2,25,26);3-6,10-14,32H,2,7-9H2,1H3,(H,26,27)(H2,24,28,29);2-5,8-11,17H,1,6-7,12-13H2,(H2,23,25). The SMILES string of the molecule is CC(C)(O)Cn1cc(-c2nc(C3(c4ccc(-c5ccc(N)nc5)cc4)CCC3)no2)cn1.CC(O)CNc1cnc(-c2nc(C3(c4ccc(-c5cnc(N)nc5)cc4)CCC3)no2)cn1.COCCN(C)c1cnc(-c2nc(C3(c4ccc(-c5cnc(N)nc5)cc4)CCC3)no2)cn1.Nc1cnc(-c2ccc(C3(c4noc(-c5cnn(C6COC6)c5)n4)CCC3)cc2)cn1. The average molecular weight is 1750 g/mol. The van der Waals surface area contributed by atoms with E-state index < -0.39 is 11.7 Å². The summed E-state index contributed by atoms with van der Waals surface area (Å²) in [5, 5.41) is 48.4. The minimum absolute atomic E-state index is 0.217. The number of nitrogens with one attached hydrogen (secondary N) is 1. The van der Waals surface area contributed by atoms with Crippen LogP contribution in [0.1, 0.15) is 149 Å². The molecule has 13 heterocycles. The van der Waals surface area contributed by atoms with Gasteiger partial charge in [0.1, 0.15) is 34.7 Å². The Kier molecular flexibility index (Phi) is 24.3. The molecule has 5 aliphatic rings. The summed E-state index contributed by atoms with van der Waals surface area (Å²) in [6.45, 7) is 8.69. The minimum atomic E-state index is -0.853. The molecule has 0 spiro atoms. The number of nitrogens with two attached hydrogens (primary N) is 4. The van der Waals surface area contributed by atoms with Crippen LogP contribution in [0.15, 0.2) is 220 Å². The molecule has 37 nitrogen and oxygen atoms in total. The number of hydrogen-bond donors (Lipinski definition) is 7. The summed E-state index contributed by atoms with van der Waals surface area (Å²) >= 11 is 0. The van der Waals surface area contributed by atoms with E-state index in [9.17, 15) is 10.2 Å². The smallest absolute Gasteiger partial charge is 0.278 e. The third-order valence-corrected chi connectivity index (χ3v) is 24.7. The van der Waals surface area contributed by atoms with E-state index in [0.717, 1.165) is 162 Å². The van der Waals surface area contributed by atoms with Crippen LogP contribution in [0.3, 0.4) is 0 Å². The van der Waals surface area contributed by atoms with Crippen LogP contribution < -0.4 is 33.2 Å². The summed E-state index contributed by atoms with van der Waals surface area (Å²) in [4.78, 5) is 67.4. The molecule has 130 heavy (non-hydrogen) atoms. The van der Waals surface area contributed by atoms with Crippen LogP contribution >= 0.6 is 0 Å². The largest absolute Gasteiger partial charge is 0.392 e. The Bertz CT molecular complexity index is 6440. The summed E-state index contributed by atoms with van der Waals surface area (Å²) in [5.41, 5.74) is 35.7. The molecular formula is C93H97N29O8. The molecule has 5 fully saturated rings. The second-order valence-electron chi connectivity index (χ2n) is 34.0. The Morgan fingerprint density at radius 2 is 0.862 bits per heavy atom. The number of rotatable bonds is 26. The summed E-state index contributed by atoms with van der Waals surface area (Å²) in [6, 6.07) is 37.6. The highest BCUT2D eigenvalue weighted by Crippen LogP contribution is 2.53. The number of hydrogen-bond acceptors (Lipinski definition) is 35. The van der Waals surface area contributed by atoms with Crippen molar-refractivity contribution in [2.75, 3.05) is 80.2 Å². The zero-order valence-electron chi connectivity index (χ0n) is 72.3. The highest BCUT2D eigenvalue weighted by atomic mass is 16.5. The molecule has 1 aliphatic heterocycles. The molecule has 11 N–H and O–H groups in total. The first-order valence-corrected chi connectivity index (χ1v) is 43.0. The van der Waals surface area contributed by atoms with E-state index in [0.29, 0.717) is 109 Å². The first-order valence-electron chi connectivity index (χ1n) is 43.0. The van der Waals surface area contributed by atoms with Crippen molar-refractivity contribution in [2.24, 2.45) is 0 Å². The molecular weight excluding hydrogens is 1650 g/mol. The number of ether oxygens (including phenoxy) is 2. The number of pyridine rings is 1. The molecule has 0 bridgehead atoms. The van der Waals surface area contributed by atoms with E-state index in [2.05, 4.69) is 193 Å². The van der Waals surface area contributed by atoms with Gasteiger partial charge in [-0.05, 0) is 123 Å². The second-order valence-corrected chi connectivity index (χ2v) is 34.0. The molecule has 1 unspecified atom stereocenters. The zero-order valence-corrected chi connectivity index (χ0v) is 72.3. The number of aliphatic hydroxyl groups excluding tert-OH is 1. The van der Waals surface area contributed by atoms with Crippen molar-refractivity contribution in [1.29, 1.82) is 0 Å². The highest BCUT2D eigenvalue weighted by molar-refractivity contribution is 5.67. The maximum absolute atomic E-state index is 10.0. The van der Waals surface area contributed by atoms with Crippen molar-refractivity contribution in [3.05, 3.63) is 248 Å². The van der Waals surface area contributed by atoms with Gasteiger partial charge in [0.05, 0.1) is 132 Å². The number of anilines is 6. The lowest BCUT2D eigenvalue weighted by Gasteiger charge is -2.39. The van der Waals surface area contributed by atoms with E-state index in [4.69, 9.17) is 65.5 Å². The van der Waals surface area contributed by atoms with Gasteiger partial charge in [0, 0.05) is 92.9 Å². The van der Waals surface area contributed by atoms with Crippen LogP contribution in [0.4, 0.5) is 35.2 Å². The lowest BCUT2D eigenvalue weighted by atomic mass is 9.64. The molecule has 21 rings (SSSR count).